The molecule has 1 atom stereocenters. The monoisotopic (exact) mass is 493 g/mol. The number of nitrogens with one attached hydrogen (secondary N) is 2. The molecule has 2 N–H and O–H groups in total. The van der Waals surface area contributed by atoms with Gasteiger partial charge in [-0.05, 0) is 45.6 Å². The van der Waals surface area contributed by atoms with E-state index in [-0.39, 0.29) is 24.0 Å². The molecule has 0 aromatic heterocycles. The molecule has 0 aromatic carbocycles. The van der Waals surface area contributed by atoms with E-state index in [9.17, 15) is 0 Å². The van der Waals surface area contributed by atoms with Crippen LogP contribution in [0.3, 0.4) is 0 Å². The van der Waals surface area contributed by atoms with Crippen LogP contribution >= 0.6 is 24.0 Å². The zero-order chi connectivity index (χ0) is 18.0. The third-order valence-corrected chi connectivity index (χ3v) is 6.00. The van der Waals surface area contributed by atoms with Crippen LogP contribution in [0.4, 0.5) is 0 Å². The van der Waals surface area contributed by atoms with E-state index in [1.807, 2.05) is 0 Å². The number of hydrogen-bond acceptors (Lipinski definition) is 4. The summed E-state index contributed by atoms with van der Waals surface area (Å²) < 4.78 is 5.41. The van der Waals surface area contributed by atoms with Crippen molar-refractivity contribution in [3.05, 3.63) is 0 Å². The van der Waals surface area contributed by atoms with Gasteiger partial charge in [-0.25, -0.2) is 0 Å². The fourth-order valence-electron chi connectivity index (χ4n) is 4.48. The number of morpholine rings is 1. The maximum absolute atomic E-state index is 5.41. The minimum atomic E-state index is 0. The van der Waals surface area contributed by atoms with Gasteiger partial charge in [0, 0.05) is 51.4 Å². The van der Waals surface area contributed by atoms with Crippen LogP contribution < -0.4 is 10.6 Å². The lowest BCUT2D eigenvalue weighted by Crippen LogP contribution is -2.45. The van der Waals surface area contributed by atoms with E-state index in [1.54, 1.807) is 0 Å². The molecular formula is C20H40IN5O. The topological polar surface area (TPSA) is 52.1 Å². The zero-order valence-corrected chi connectivity index (χ0v) is 19.5. The van der Waals surface area contributed by atoms with Crippen LogP contribution in [0.15, 0.2) is 4.99 Å². The molecule has 158 valence electrons. The Bertz CT molecular complexity index is 425. The van der Waals surface area contributed by atoms with Crippen molar-refractivity contribution in [3.63, 3.8) is 0 Å². The Labute approximate surface area is 182 Å². The molecule has 3 fully saturated rings. The fraction of sp³-hybridized carbons (Fsp3) is 0.950. The smallest absolute Gasteiger partial charge is 0.191 e. The Morgan fingerprint density at radius 3 is 2.59 bits per heavy atom. The second-order valence-corrected chi connectivity index (χ2v) is 7.98. The first-order chi connectivity index (χ1) is 12.8. The summed E-state index contributed by atoms with van der Waals surface area (Å²) in [6.45, 7) is 11.6. The van der Waals surface area contributed by atoms with Gasteiger partial charge in [-0.2, -0.15) is 0 Å². The van der Waals surface area contributed by atoms with Crippen molar-refractivity contribution in [3.8, 4) is 0 Å². The number of aliphatic imine (C=N–C) groups is 1. The molecule has 7 heteroatoms. The van der Waals surface area contributed by atoms with Gasteiger partial charge < -0.3 is 15.4 Å². The van der Waals surface area contributed by atoms with E-state index in [0.29, 0.717) is 6.04 Å². The van der Waals surface area contributed by atoms with E-state index < -0.39 is 0 Å². The van der Waals surface area contributed by atoms with Crippen LogP contribution in [0.1, 0.15) is 51.9 Å². The van der Waals surface area contributed by atoms with E-state index in [4.69, 9.17) is 9.73 Å². The predicted molar refractivity (Wildman–Crippen MR) is 123 cm³/mol. The Morgan fingerprint density at radius 2 is 1.85 bits per heavy atom. The highest BCUT2D eigenvalue weighted by Crippen LogP contribution is 2.26. The first-order valence-electron chi connectivity index (χ1n) is 10.9. The maximum atomic E-state index is 5.41. The quantitative estimate of drug-likeness (QED) is 0.235. The summed E-state index contributed by atoms with van der Waals surface area (Å²) in [5.41, 5.74) is 0. The molecule has 6 nitrogen and oxygen atoms in total. The third-order valence-electron chi connectivity index (χ3n) is 6.00. The number of nitrogens with zero attached hydrogens (tertiary/aromatic N) is 3. The van der Waals surface area contributed by atoms with Crippen molar-refractivity contribution in [2.45, 2.75) is 64.0 Å². The predicted octanol–water partition coefficient (Wildman–Crippen LogP) is 2.29. The summed E-state index contributed by atoms with van der Waals surface area (Å²) in [7, 11) is 0. The molecule has 0 bridgehead atoms. The second-order valence-electron chi connectivity index (χ2n) is 7.98. The van der Waals surface area contributed by atoms with Crippen molar-refractivity contribution >= 4 is 29.9 Å². The van der Waals surface area contributed by atoms with Crippen LogP contribution in [0, 0.1) is 0 Å². The molecule has 0 radical (unpaired) electrons. The summed E-state index contributed by atoms with van der Waals surface area (Å²) in [4.78, 5) is 10.0. The molecule has 1 saturated carbocycles. The van der Waals surface area contributed by atoms with Gasteiger partial charge in [0.1, 0.15) is 0 Å². The van der Waals surface area contributed by atoms with Crippen LogP contribution in [0.25, 0.3) is 0 Å². The van der Waals surface area contributed by atoms with E-state index in [0.717, 1.165) is 57.8 Å². The molecule has 0 spiro atoms. The van der Waals surface area contributed by atoms with Crippen LogP contribution in [0.2, 0.25) is 0 Å². The zero-order valence-electron chi connectivity index (χ0n) is 17.1. The van der Waals surface area contributed by atoms with Gasteiger partial charge in [-0.1, -0.05) is 12.8 Å². The van der Waals surface area contributed by atoms with Gasteiger partial charge >= 0.3 is 0 Å². The Balaban J connectivity index is 0.00000261. The standard InChI is InChI=1S/C20H39N5O.HI/c1-2-21-20(22-10-5-6-11-24-13-15-26-16-14-24)23-18-9-12-25(17-18)19-7-3-4-8-19;/h18-19H,2-17H2,1H3,(H2,21,22,23);1H. The first kappa shape index (κ1) is 23.2. The van der Waals surface area contributed by atoms with Crippen molar-refractivity contribution in [1.29, 1.82) is 0 Å². The largest absolute Gasteiger partial charge is 0.379 e. The molecule has 3 aliphatic rings. The average Bonchev–Trinajstić information content (AvgIpc) is 3.34. The van der Waals surface area contributed by atoms with E-state index in [1.165, 1.54) is 58.2 Å². The number of halogens is 1. The SMILES string of the molecule is CCNC(=NCCCCN1CCOCC1)NC1CCN(C2CCCC2)C1.I. The number of unbranched alkanes of at least 4 members (excludes halogenated alkanes) is 1. The molecule has 27 heavy (non-hydrogen) atoms. The van der Waals surface area contributed by atoms with Crippen LogP contribution in [-0.2, 0) is 4.74 Å². The minimum Gasteiger partial charge on any atom is -0.379 e. The van der Waals surface area contributed by atoms with Gasteiger partial charge in [0.25, 0.3) is 0 Å². The van der Waals surface area contributed by atoms with Gasteiger partial charge in [-0.3, -0.25) is 14.8 Å². The van der Waals surface area contributed by atoms with Crippen molar-refractivity contribution < 1.29 is 4.74 Å². The molecule has 0 amide bonds. The average molecular weight is 493 g/mol. The maximum Gasteiger partial charge on any atom is 0.191 e. The fourth-order valence-corrected chi connectivity index (χ4v) is 4.48. The lowest BCUT2D eigenvalue weighted by molar-refractivity contribution is 0.0373. The Kier molecular flexibility index (Phi) is 11.3. The van der Waals surface area contributed by atoms with Gasteiger partial charge in [0.05, 0.1) is 13.2 Å². The highest BCUT2D eigenvalue weighted by molar-refractivity contribution is 14.0. The van der Waals surface area contributed by atoms with E-state index in [2.05, 4.69) is 27.4 Å². The van der Waals surface area contributed by atoms with Crippen LogP contribution in [0.5, 0.6) is 0 Å². The molecular weight excluding hydrogens is 453 g/mol. The molecule has 1 unspecified atom stereocenters. The normalized spacial score (nSPS) is 25.5. The molecule has 3 rings (SSSR count). The van der Waals surface area contributed by atoms with Gasteiger partial charge in [0.2, 0.25) is 0 Å². The molecule has 2 saturated heterocycles. The van der Waals surface area contributed by atoms with Crippen molar-refractivity contribution in [1.82, 2.24) is 20.4 Å². The highest BCUT2D eigenvalue weighted by atomic mass is 127. The van der Waals surface area contributed by atoms with Crippen LogP contribution in [-0.4, -0.2) is 86.9 Å². The summed E-state index contributed by atoms with van der Waals surface area (Å²) in [6, 6.07) is 1.41. The lowest BCUT2D eigenvalue weighted by atomic mass is 10.2. The molecule has 2 aliphatic heterocycles. The Morgan fingerprint density at radius 1 is 1.07 bits per heavy atom. The number of rotatable bonds is 8. The van der Waals surface area contributed by atoms with E-state index >= 15 is 0 Å². The Hall–Kier alpha value is -0.120. The molecule has 0 aromatic rings. The first-order valence-corrected chi connectivity index (χ1v) is 10.9. The molecule has 1 aliphatic carbocycles. The third kappa shape index (κ3) is 8.03. The number of hydrogen-bond donors (Lipinski definition) is 2. The molecule has 2 heterocycles. The van der Waals surface area contributed by atoms with Gasteiger partial charge in [0.15, 0.2) is 5.96 Å². The summed E-state index contributed by atoms with van der Waals surface area (Å²) >= 11 is 0. The van der Waals surface area contributed by atoms with Crippen molar-refractivity contribution in [2.75, 3.05) is 59.0 Å². The summed E-state index contributed by atoms with van der Waals surface area (Å²) in [5.74, 6) is 1.01. The second kappa shape index (κ2) is 13.2. The van der Waals surface area contributed by atoms with Gasteiger partial charge in [-0.15, -0.1) is 24.0 Å². The van der Waals surface area contributed by atoms with Crippen molar-refractivity contribution in [2.24, 2.45) is 4.99 Å². The summed E-state index contributed by atoms with van der Waals surface area (Å²) in [5, 5.41) is 7.11. The number of ether oxygens (including phenoxy) is 1. The lowest BCUT2D eigenvalue weighted by Gasteiger charge is -2.26. The number of likely N-dealkylation sites (tertiary alicyclic amines) is 1. The minimum absolute atomic E-state index is 0. The highest BCUT2D eigenvalue weighted by Gasteiger charge is 2.30. The summed E-state index contributed by atoms with van der Waals surface area (Å²) in [6.07, 6.45) is 9.29. The number of guanidine groups is 1.